The van der Waals surface area contributed by atoms with E-state index in [0.29, 0.717) is 18.0 Å². The van der Waals surface area contributed by atoms with Gasteiger partial charge in [0.25, 0.3) is 0 Å². The lowest BCUT2D eigenvalue weighted by Gasteiger charge is -2.44. The summed E-state index contributed by atoms with van der Waals surface area (Å²) in [5.74, 6) is 0.596. The van der Waals surface area contributed by atoms with E-state index in [9.17, 15) is 0 Å². The maximum Gasteiger partial charge on any atom is 0.0781 e. The highest BCUT2D eigenvalue weighted by atomic mass is 16.5. The Morgan fingerprint density at radius 2 is 2.19 bits per heavy atom. The SMILES string of the molecule is CC1C(N)CCN(CC2(C)CCCO2)C1C. The number of hydrogen-bond donors (Lipinski definition) is 1. The van der Waals surface area contributed by atoms with Crippen molar-refractivity contribution < 1.29 is 4.74 Å². The Morgan fingerprint density at radius 3 is 2.81 bits per heavy atom. The second-order valence-corrected chi connectivity index (χ2v) is 5.92. The van der Waals surface area contributed by atoms with Gasteiger partial charge in [-0.05, 0) is 39.0 Å². The average molecular weight is 226 g/mol. The Labute approximate surface area is 99.3 Å². The molecular weight excluding hydrogens is 200 g/mol. The van der Waals surface area contributed by atoms with E-state index >= 15 is 0 Å². The van der Waals surface area contributed by atoms with Gasteiger partial charge < -0.3 is 10.5 Å². The molecule has 0 aromatic heterocycles. The van der Waals surface area contributed by atoms with Crippen molar-refractivity contribution in [2.24, 2.45) is 11.7 Å². The Balaban J connectivity index is 1.94. The lowest BCUT2D eigenvalue weighted by atomic mass is 9.86. The van der Waals surface area contributed by atoms with Gasteiger partial charge in [-0.25, -0.2) is 0 Å². The zero-order valence-corrected chi connectivity index (χ0v) is 10.9. The zero-order valence-electron chi connectivity index (χ0n) is 10.9. The van der Waals surface area contributed by atoms with Crippen molar-refractivity contribution in [2.75, 3.05) is 19.7 Å². The van der Waals surface area contributed by atoms with Gasteiger partial charge in [0.1, 0.15) is 0 Å². The van der Waals surface area contributed by atoms with E-state index in [0.717, 1.165) is 26.1 Å². The molecule has 0 saturated carbocycles. The van der Waals surface area contributed by atoms with Crippen LogP contribution >= 0.6 is 0 Å². The fourth-order valence-corrected chi connectivity index (χ4v) is 3.09. The molecule has 2 aliphatic rings. The Kier molecular flexibility index (Phi) is 3.57. The largest absolute Gasteiger partial charge is 0.374 e. The Hall–Kier alpha value is -0.120. The Morgan fingerprint density at radius 1 is 1.44 bits per heavy atom. The van der Waals surface area contributed by atoms with E-state index in [1.807, 2.05) is 0 Å². The smallest absolute Gasteiger partial charge is 0.0781 e. The van der Waals surface area contributed by atoms with Crippen molar-refractivity contribution in [3.63, 3.8) is 0 Å². The van der Waals surface area contributed by atoms with E-state index < -0.39 is 0 Å². The number of ether oxygens (including phenoxy) is 1. The third-order valence-electron chi connectivity index (χ3n) is 4.60. The summed E-state index contributed by atoms with van der Waals surface area (Å²) < 4.78 is 5.88. The summed E-state index contributed by atoms with van der Waals surface area (Å²) in [6.45, 7) is 9.98. The molecular formula is C13H26N2O. The van der Waals surface area contributed by atoms with Crippen molar-refractivity contribution >= 4 is 0 Å². The maximum atomic E-state index is 6.11. The summed E-state index contributed by atoms with van der Waals surface area (Å²) in [7, 11) is 0. The molecule has 4 unspecified atom stereocenters. The van der Waals surface area contributed by atoms with Crippen molar-refractivity contribution in [3.05, 3.63) is 0 Å². The highest BCUT2D eigenvalue weighted by Crippen LogP contribution is 2.30. The minimum atomic E-state index is 0.0927. The predicted octanol–water partition coefficient (Wildman–Crippen LogP) is 1.61. The van der Waals surface area contributed by atoms with Crippen molar-refractivity contribution in [2.45, 2.75) is 57.7 Å². The molecule has 2 fully saturated rings. The first-order valence-electron chi connectivity index (χ1n) is 6.65. The Bertz CT molecular complexity index is 238. The molecule has 0 aliphatic carbocycles. The lowest BCUT2D eigenvalue weighted by molar-refractivity contribution is -0.0333. The molecule has 2 heterocycles. The first kappa shape index (κ1) is 12.3. The quantitative estimate of drug-likeness (QED) is 0.777. The molecule has 16 heavy (non-hydrogen) atoms. The van der Waals surface area contributed by atoms with Gasteiger partial charge in [0.15, 0.2) is 0 Å². The molecule has 2 N–H and O–H groups in total. The summed E-state index contributed by atoms with van der Waals surface area (Å²) in [5.41, 5.74) is 6.21. The molecule has 0 aromatic carbocycles. The molecule has 2 aliphatic heterocycles. The molecule has 0 bridgehead atoms. The third kappa shape index (κ3) is 2.41. The second kappa shape index (κ2) is 4.63. The topological polar surface area (TPSA) is 38.5 Å². The highest BCUT2D eigenvalue weighted by Gasteiger charge is 2.37. The van der Waals surface area contributed by atoms with Crippen LogP contribution in [0.25, 0.3) is 0 Å². The number of nitrogens with two attached hydrogens (primary N) is 1. The van der Waals surface area contributed by atoms with E-state index in [4.69, 9.17) is 10.5 Å². The van der Waals surface area contributed by atoms with Gasteiger partial charge in [0.2, 0.25) is 0 Å². The number of piperidine rings is 1. The van der Waals surface area contributed by atoms with Gasteiger partial charge in [-0.1, -0.05) is 6.92 Å². The van der Waals surface area contributed by atoms with E-state index in [2.05, 4.69) is 25.7 Å². The van der Waals surface area contributed by atoms with Gasteiger partial charge >= 0.3 is 0 Å². The summed E-state index contributed by atoms with van der Waals surface area (Å²) in [4.78, 5) is 2.57. The fraction of sp³-hybridized carbons (Fsp3) is 1.00. The highest BCUT2D eigenvalue weighted by molar-refractivity contribution is 4.91. The molecule has 94 valence electrons. The van der Waals surface area contributed by atoms with Crippen LogP contribution in [0.3, 0.4) is 0 Å². The molecule has 0 amide bonds. The minimum Gasteiger partial charge on any atom is -0.374 e. The normalized spacial score (nSPS) is 46.1. The monoisotopic (exact) mass is 226 g/mol. The van der Waals surface area contributed by atoms with Gasteiger partial charge in [-0.15, -0.1) is 0 Å². The maximum absolute atomic E-state index is 6.11. The fourth-order valence-electron chi connectivity index (χ4n) is 3.09. The molecule has 2 saturated heterocycles. The van der Waals surface area contributed by atoms with Crippen molar-refractivity contribution in [1.82, 2.24) is 4.90 Å². The predicted molar refractivity (Wildman–Crippen MR) is 66.4 cm³/mol. The van der Waals surface area contributed by atoms with Crippen molar-refractivity contribution in [1.29, 1.82) is 0 Å². The number of rotatable bonds is 2. The molecule has 2 rings (SSSR count). The van der Waals surface area contributed by atoms with Crippen molar-refractivity contribution in [3.8, 4) is 0 Å². The standard InChI is InChI=1S/C13H26N2O/c1-10-11(2)15(7-5-12(10)14)9-13(3)6-4-8-16-13/h10-12H,4-9,14H2,1-3H3. The van der Waals surface area contributed by atoms with Crippen LogP contribution in [0.4, 0.5) is 0 Å². The van der Waals surface area contributed by atoms with Crippen LogP contribution in [-0.2, 0) is 4.74 Å². The van der Waals surface area contributed by atoms with Crippen LogP contribution in [0.5, 0.6) is 0 Å². The molecule has 0 radical (unpaired) electrons. The summed E-state index contributed by atoms with van der Waals surface area (Å²) in [6, 6.07) is 0.966. The van der Waals surface area contributed by atoms with Crippen LogP contribution in [-0.4, -0.2) is 42.3 Å². The van der Waals surface area contributed by atoms with Gasteiger partial charge in [-0.3, -0.25) is 4.90 Å². The number of hydrogen-bond acceptors (Lipinski definition) is 3. The number of nitrogens with zero attached hydrogens (tertiary/aromatic N) is 1. The summed E-state index contributed by atoms with van der Waals surface area (Å²) in [6.07, 6.45) is 3.55. The zero-order chi connectivity index (χ0) is 11.8. The molecule has 0 aromatic rings. The molecule has 4 atom stereocenters. The molecule has 3 heteroatoms. The van der Waals surface area contributed by atoms with Gasteiger partial charge in [0.05, 0.1) is 5.60 Å². The van der Waals surface area contributed by atoms with Gasteiger partial charge in [0, 0.05) is 31.8 Å². The minimum absolute atomic E-state index is 0.0927. The number of likely N-dealkylation sites (tertiary alicyclic amines) is 1. The van der Waals surface area contributed by atoms with Gasteiger partial charge in [-0.2, -0.15) is 0 Å². The lowest BCUT2D eigenvalue weighted by Crippen LogP contribution is -2.55. The van der Waals surface area contributed by atoms with Crippen LogP contribution < -0.4 is 5.73 Å². The summed E-state index contributed by atoms with van der Waals surface area (Å²) in [5, 5.41) is 0. The second-order valence-electron chi connectivity index (χ2n) is 5.92. The molecule has 3 nitrogen and oxygen atoms in total. The summed E-state index contributed by atoms with van der Waals surface area (Å²) >= 11 is 0. The first-order chi connectivity index (χ1) is 7.52. The van der Waals surface area contributed by atoms with E-state index in [1.54, 1.807) is 0 Å². The average Bonchev–Trinajstić information content (AvgIpc) is 2.67. The first-order valence-corrected chi connectivity index (χ1v) is 6.65. The van der Waals surface area contributed by atoms with E-state index in [-0.39, 0.29) is 5.60 Å². The van der Waals surface area contributed by atoms with Crippen LogP contribution in [0, 0.1) is 5.92 Å². The van der Waals surface area contributed by atoms with Crippen LogP contribution in [0.1, 0.15) is 40.0 Å². The molecule has 0 spiro atoms. The van der Waals surface area contributed by atoms with E-state index in [1.165, 1.54) is 12.8 Å². The third-order valence-corrected chi connectivity index (χ3v) is 4.60. The van der Waals surface area contributed by atoms with Crippen LogP contribution in [0.2, 0.25) is 0 Å². The van der Waals surface area contributed by atoms with Crippen LogP contribution in [0.15, 0.2) is 0 Å².